The number of hydrogen-bond acceptors (Lipinski definition) is 4. The van der Waals surface area contributed by atoms with E-state index in [2.05, 4.69) is 15.3 Å². The molecule has 0 spiro atoms. The molecule has 0 aliphatic carbocycles. The molecule has 0 aliphatic heterocycles. The largest absolute Gasteiger partial charge is 0.396 e. The second-order valence-corrected chi connectivity index (χ2v) is 3.12. The lowest BCUT2D eigenvalue weighted by Crippen LogP contribution is -2.05. The van der Waals surface area contributed by atoms with E-state index in [1.54, 1.807) is 18.5 Å². The van der Waals surface area contributed by atoms with E-state index in [-0.39, 0.29) is 0 Å². The molecule has 0 saturated carbocycles. The Kier molecular flexibility index (Phi) is 2.78. The number of rotatable bonds is 3. The number of nitrogens with two attached hydrogens (primary N) is 1. The fraction of sp³-hybridized carbons (Fsp3) is 0.0909. The summed E-state index contributed by atoms with van der Waals surface area (Å²) in [5, 5.41) is 3.13. The van der Waals surface area contributed by atoms with Gasteiger partial charge < -0.3 is 11.1 Å². The van der Waals surface area contributed by atoms with Gasteiger partial charge >= 0.3 is 0 Å². The Morgan fingerprint density at radius 3 is 2.67 bits per heavy atom. The van der Waals surface area contributed by atoms with Gasteiger partial charge in [0.25, 0.3) is 0 Å². The van der Waals surface area contributed by atoms with Crippen LogP contribution in [0.1, 0.15) is 5.69 Å². The highest BCUT2D eigenvalue weighted by atomic mass is 15.0. The van der Waals surface area contributed by atoms with Crippen LogP contribution in [0.15, 0.2) is 42.7 Å². The predicted molar refractivity (Wildman–Crippen MR) is 60.2 cm³/mol. The van der Waals surface area contributed by atoms with Gasteiger partial charge in [0, 0.05) is 12.4 Å². The zero-order chi connectivity index (χ0) is 10.5. The van der Waals surface area contributed by atoms with E-state index >= 15 is 0 Å². The molecule has 3 N–H and O–H groups in total. The minimum Gasteiger partial charge on any atom is -0.396 e. The molecule has 2 aromatic heterocycles. The third-order valence-electron chi connectivity index (χ3n) is 2.00. The van der Waals surface area contributed by atoms with Crippen LogP contribution < -0.4 is 11.1 Å². The van der Waals surface area contributed by atoms with Crippen molar-refractivity contribution in [3.8, 4) is 0 Å². The first kappa shape index (κ1) is 9.45. The Labute approximate surface area is 88.2 Å². The van der Waals surface area contributed by atoms with Crippen LogP contribution >= 0.6 is 0 Å². The minimum atomic E-state index is 0.627. The Balaban J connectivity index is 2.03. The third kappa shape index (κ3) is 2.43. The SMILES string of the molecule is Nc1cccnc1NCc1ccccn1. The molecule has 0 aromatic carbocycles. The molecule has 0 aliphatic rings. The quantitative estimate of drug-likeness (QED) is 0.791. The summed E-state index contributed by atoms with van der Waals surface area (Å²) < 4.78 is 0. The van der Waals surface area contributed by atoms with Gasteiger partial charge in [-0.3, -0.25) is 4.98 Å². The van der Waals surface area contributed by atoms with E-state index in [1.165, 1.54) is 0 Å². The average Bonchev–Trinajstić information content (AvgIpc) is 2.29. The van der Waals surface area contributed by atoms with E-state index in [1.807, 2.05) is 24.3 Å². The molecule has 0 atom stereocenters. The Bertz CT molecular complexity index is 428. The van der Waals surface area contributed by atoms with Crippen molar-refractivity contribution in [2.24, 2.45) is 0 Å². The van der Waals surface area contributed by atoms with Gasteiger partial charge in [0.05, 0.1) is 17.9 Å². The van der Waals surface area contributed by atoms with Gasteiger partial charge in [-0.25, -0.2) is 4.98 Å². The number of nitrogens with zero attached hydrogens (tertiary/aromatic N) is 2. The number of pyridine rings is 2. The van der Waals surface area contributed by atoms with E-state index in [4.69, 9.17) is 5.73 Å². The van der Waals surface area contributed by atoms with Crippen LogP contribution in [0.25, 0.3) is 0 Å². The number of nitrogens with one attached hydrogen (secondary N) is 1. The van der Waals surface area contributed by atoms with Crippen LogP contribution in [0.4, 0.5) is 11.5 Å². The van der Waals surface area contributed by atoms with E-state index in [0.29, 0.717) is 18.1 Å². The van der Waals surface area contributed by atoms with Crippen molar-refractivity contribution in [3.05, 3.63) is 48.4 Å². The molecule has 2 rings (SSSR count). The number of anilines is 2. The summed E-state index contributed by atoms with van der Waals surface area (Å²) in [6.45, 7) is 0.627. The van der Waals surface area contributed by atoms with Crippen molar-refractivity contribution in [2.75, 3.05) is 11.1 Å². The summed E-state index contributed by atoms with van der Waals surface area (Å²) in [5.74, 6) is 0.697. The molecule has 2 heterocycles. The van der Waals surface area contributed by atoms with Crippen LogP contribution in [-0.2, 0) is 6.54 Å². The maximum atomic E-state index is 5.74. The molecule has 0 radical (unpaired) electrons. The molecule has 4 nitrogen and oxygen atoms in total. The van der Waals surface area contributed by atoms with E-state index in [0.717, 1.165) is 5.69 Å². The standard InChI is InChI=1S/C11H12N4/c12-10-5-3-7-14-11(10)15-8-9-4-1-2-6-13-9/h1-7H,8,12H2,(H,14,15). The molecular weight excluding hydrogens is 188 g/mol. The van der Waals surface area contributed by atoms with Gasteiger partial charge in [-0.1, -0.05) is 6.07 Å². The predicted octanol–water partition coefficient (Wildman–Crippen LogP) is 1.67. The molecule has 0 amide bonds. The molecule has 4 heteroatoms. The Hall–Kier alpha value is -2.10. The minimum absolute atomic E-state index is 0.627. The van der Waals surface area contributed by atoms with Gasteiger partial charge in [0.15, 0.2) is 0 Å². The monoisotopic (exact) mass is 200 g/mol. The number of hydrogen-bond donors (Lipinski definition) is 2. The number of aromatic nitrogens is 2. The van der Waals surface area contributed by atoms with Crippen LogP contribution in [0.2, 0.25) is 0 Å². The van der Waals surface area contributed by atoms with Crippen molar-refractivity contribution in [1.29, 1.82) is 0 Å². The Morgan fingerprint density at radius 1 is 1.07 bits per heavy atom. The van der Waals surface area contributed by atoms with Crippen molar-refractivity contribution >= 4 is 11.5 Å². The topological polar surface area (TPSA) is 63.8 Å². The zero-order valence-corrected chi connectivity index (χ0v) is 8.22. The van der Waals surface area contributed by atoms with Crippen molar-refractivity contribution in [2.45, 2.75) is 6.54 Å². The first-order chi connectivity index (χ1) is 7.36. The molecule has 2 aromatic rings. The second-order valence-electron chi connectivity index (χ2n) is 3.12. The van der Waals surface area contributed by atoms with Crippen LogP contribution in [-0.4, -0.2) is 9.97 Å². The lowest BCUT2D eigenvalue weighted by atomic mass is 10.3. The zero-order valence-electron chi connectivity index (χ0n) is 8.22. The van der Waals surface area contributed by atoms with E-state index in [9.17, 15) is 0 Å². The highest BCUT2D eigenvalue weighted by Crippen LogP contribution is 2.13. The van der Waals surface area contributed by atoms with Gasteiger partial charge in [-0.05, 0) is 24.3 Å². The molecular formula is C11H12N4. The fourth-order valence-corrected chi connectivity index (χ4v) is 1.24. The average molecular weight is 200 g/mol. The smallest absolute Gasteiger partial charge is 0.149 e. The molecule has 0 unspecified atom stereocenters. The number of nitrogen functional groups attached to an aromatic ring is 1. The van der Waals surface area contributed by atoms with Crippen LogP contribution in [0.5, 0.6) is 0 Å². The van der Waals surface area contributed by atoms with Crippen molar-refractivity contribution in [3.63, 3.8) is 0 Å². The van der Waals surface area contributed by atoms with Gasteiger partial charge in [0.1, 0.15) is 5.82 Å². The van der Waals surface area contributed by atoms with Gasteiger partial charge in [-0.15, -0.1) is 0 Å². The molecule has 0 fully saturated rings. The van der Waals surface area contributed by atoms with Gasteiger partial charge in [-0.2, -0.15) is 0 Å². The molecule has 76 valence electrons. The summed E-state index contributed by atoms with van der Waals surface area (Å²) in [7, 11) is 0. The third-order valence-corrected chi connectivity index (χ3v) is 2.00. The lowest BCUT2D eigenvalue weighted by Gasteiger charge is -2.06. The van der Waals surface area contributed by atoms with Gasteiger partial charge in [0.2, 0.25) is 0 Å². The summed E-state index contributed by atoms with van der Waals surface area (Å²) in [6.07, 6.45) is 3.47. The van der Waals surface area contributed by atoms with E-state index < -0.39 is 0 Å². The normalized spacial score (nSPS) is 9.87. The van der Waals surface area contributed by atoms with Crippen molar-refractivity contribution < 1.29 is 0 Å². The summed E-state index contributed by atoms with van der Waals surface area (Å²) in [5.41, 5.74) is 7.35. The molecule has 15 heavy (non-hydrogen) atoms. The fourth-order valence-electron chi connectivity index (χ4n) is 1.24. The Morgan fingerprint density at radius 2 is 1.93 bits per heavy atom. The first-order valence-electron chi connectivity index (χ1n) is 4.70. The highest BCUT2D eigenvalue weighted by molar-refractivity contribution is 5.60. The van der Waals surface area contributed by atoms with Crippen LogP contribution in [0.3, 0.4) is 0 Å². The summed E-state index contributed by atoms with van der Waals surface area (Å²) in [4.78, 5) is 8.32. The summed E-state index contributed by atoms with van der Waals surface area (Å²) in [6, 6.07) is 9.41. The molecule has 0 saturated heterocycles. The first-order valence-corrected chi connectivity index (χ1v) is 4.70. The van der Waals surface area contributed by atoms with Crippen molar-refractivity contribution in [1.82, 2.24) is 9.97 Å². The lowest BCUT2D eigenvalue weighted by molar-refractivity contribution is 1.03. The molecule has 0 bridgehead atoms. The maximum absolute atomic E-state index is 5.74. The summed E-state index contributed by atoms with van der Waals surface area (Å²) >= 11 is 0. The van der Waals surface area contributed by atoms with Crippen LogP contribution in [0, 0.1) is 0 Å². The maximum Gasteiger partial charge on any atom is 0.149 e. The highest BCUT2D eigenvalue weighted by Gasteiger charge is 1.98. The second kappa shape index (κ2) is 4.41.